The summed E-state index contributed by atoms with van der Waals surface area (Å²) in [6.45, 7) is 0. The molecular weight excluding hydrogens is 332 g/mol. The molecule has 0 atom stereocenters. The van der Waals surface area contributed by atoms with Crippen LogP contribution in [0.15, 0.2) is 72.4 Å². The Morgan fingerprint density at radius 2 is 1.84 bits per heavy atom. The van der Waals surface area contributed by atoms with Crippen molar-refractivity contribution in [2.24, 2.45) is 0 Å². The molecule has 0 radical (unpaired) electrons. The van der Waals surface area contributed by atoms with Crippen LogP contribution in [0.4, 0.5) is 5.69 Å². The number of fused-ring (bicyclic) bond motifs is 1. The third-order valence-electron chi connectivity index (χ3n) is 4.14. The van der Waals surface area contributed by atoms with Gasteiger partial charge in [-0.25, -0.2) is 0 Å². The van der Waals surface area contributed by atoms with Crippen molar-refractivity contribution in [2.45, 2.75) is 6.42 Å². The van der Waals surface area contributed by atoms with Crippen molar-refractivity contribution in [1.29, 1.82) is 0 Å². The van der Waals surface area contributed by atoms with Gasteiger partial charge < -0.3 is 0 Å². The van der Waals surface area contributed by atoms with Gasteiger partial charge in [0.15, 0.2) is 0 Å². The van der Waals surface area contributed by atoms with Crippen molar-refractivity contribution in [3.05, 3.63) is 93.6 Å². The highest BCUT2D eigenvalue weighted by Gasteiger charge is 2.12. The van der Waals surface area contributed by atoms with Crippen LogP contribution in [-0.2, 0) is 6.42 Å². The molecule has 0 bridgehead atoms. The van der Waals surface area contributed by atoms with Crippen LogP contribution in [0.1, 0.15) is 11.1 Å². The first-order valence-electron chi connectivity index (χ1n) is 7.84. The van der Waals surface area contributed by atoms with Crippen LogP contribution < -0.4 is 0 Å². The zero-order chi connectivity index (χ0) is 17.2. The van der Waals surface area contributed by atoms with Gasteiger partial charge in [-0.3, -0.25) is 15.1 Å². The molecule has 4 aromatic rings. The SMILES string of the molecule is O=[N+]([O-])c1cccc(-c2cc(Cc3ccncc3)cc3ccsc23)c1. The van der Waals surface area contributed by atoms with E-state index in [0.717, 1.165) is 27.6 Å². The summed E-state index contributed by atoms with van der Waals surface area (Å²) in [4.78, 5) is 14.8. The van der Waals surface area contributed by atoms with Crippen LogP contribution in [0.2, 0.25) is 0 Å². The van der Waals surface area contributed by atoms with E-state index in [2.05, 4.69) is 28.6 Å². The van der Waals surface area contributed by atoms with Crippen LogP contribution in [0.3, 0.4) is 0 Å². The van der Waals surface area contributed by atoms with E-state index in [1.54, 1.807) is 35.9 Å². The summed E-state index contributed by atoms with van der Waals surface area (Å²) in [6, 6.07) is 17.3. The number of hydrogen-bond donors (Lipinski definition) is 0. The molecule has 5 heteroatoms. The molecule has 0 N–H and O–H groups in total. The maximum atomic E-state index is 11.1. The van der Waals surface area contributed by atoms with Gasteiger partial charge in [0.1, 0.15) is 0 Å². The fourth-order valence-electron chi connectivity index (χ4n) is 2.98. The summed E-state index contributed by atoms with van der Waals surface area (Å²) in [5.74, 6) is 0. The van der Waals surface area contributed by atoms with Crippen LogP contribution >= 0.6 is 11.3 Å². The summed E-state index contributed by atoms with van der Waals surface area (Å²) in [5.41, 5.74) is 4.40. The molecule has 2 heterocycles. The maximum Gasteiger partial charge on any atom is 0.270 e. The van der Waals surface area contributed by atoms with Gasteiger partial charge in [-0.1, -0.05) is 12.1 Å². The molecule has 2 aromatic heterocycles. The zero-order valence-corrected chi connectivity index (χ0v) is 14.1. The predicted octanol–water partition coefficient (Wildman–Crippen LogP) is 5.46. The Morgan fingerprint density at radius 1 is 1.00 bits per heavy atom. The van der Waals surface area contributed by atoms with E-state index in [0.29, 0.717) is 0 Å². The highest BCUT2D eigenvalue weighted by atomic mass is 32.1. The number of thiophene rings is 1. The minimum absolute atomic E-state index is 0.113. The van der Waals surface area contributed by atoms with Gasteiger partial charge in [0.2, 0.25) is 0 Å². The molecule has 2 aromatic carbocycles. The van der Waals surface area contributed by atoms with Crippen molar-refractivity contribution >= 4 is 27.1 Å². The van der Waals surface area contributed by atoms with E-state index >= 15 is 0 Å². The van der Waals surface area contributed by atoms with E-state index in [1.807, 2.05) is 18.2 Å². The molecule has 4 rings (SSSR count). The summed E-state index contributed by atoms with van der Waals surface area (Å²) >= 11 is 1.66. The minimum Gasteiger partial charge on any atom is -0.265 e. The average Bonchev–Trinajstić information content (AvgIpc) is 3.10. The second-order valence-electron chi connectivity index (χ2n) is 5.82. The number of hydrogen-bond acceptors (Lipinski definition) is 4. The fourth-order valence-corrected chi connectivity index (χ4v) is 3.90. The van der Waals surface area contributed by atoms with Gasteiger partial charge in [0.05, 0.1) is 4.92 Å². The number of aromatic nitrogens is 1. The van der Waals surface area contributed by atoms with Crippen LogP contribution in [0.5, 0.6) is 0 Å². The van der Waals surface area contributed by atoms with Crippen LogP contribution in [-0.4, -0.2) is 9.91 Å². The average molecular weight is 346 g/mol. The number of nitrogens with zero attached hydrogens (tertiary/aromatic N) is 2. The topological polar surface area (TPSA) is 56.0 Å². The van der Waals surface area contributed by atoms with E-state index in [-0.39, 0.29) is 10.6 Å². The van der Waals surface area contributed by atoms with Crippen molar-refractivity contribution in [2.75, 3.05) is 0 Å². The smallest absolute Gasteiger partial charge is 0.265 e. The quantitative estimate of drug-likeness (QED) is 0.364. The Labute approximate surface area is 148 Å². The number of pyridine rings is 1. The molecule has 122 valence electrons. The normalized spacial score (nSPS) is 10.9. The first-order valence-corrected chi connectivity index (χ1v) is 8.72. The lowest BCUT2D eigenvalue weighted by molar-refractivity contribution is -0.384. The van der Waals surface area contributed by atoms with Crippen molar-refractivity contribution in [3.63, 3.8) is 0 Å². The summed E-state index contributed by atoms with van der Waals surface area (Å²) in [5, 5.41) is 14.3. The van der Waals surface area contributed by atoms with E-state index in [9.17, 15) is 10.1 Å². The maximum absolute atomic E-state index is 11.1. The molecule has 0 amide bonds. The fraction of sp³-hybridized carbons (Fsp3) is 0.0500. The third kappa shape index (κ3) is 3.14. The Hall–Kier alpha value is -3.05. The van der Waals surface area contributed by atoms with Gasteiger partial charge in [0.25, 0.3) is 5.69 Å². The summed E-state index contributed by atoms with van der Waals surface area (Å²) < 4.78 is 1.15. The molecule has 0 unspecified atom stereocenters. The van der Waals surface area contributed by atoms with Gasteiger partial charge >= 0.3 is 0 Å². The van der Waals surface area contributed by atoms with E-state index < -0.39 is 0 Å². The second-order valence-corrected chi connectivity index (χ2v) is 6.74. The van der Waals surface area contributed by atoms with Gasteiger partial charge in [-0.2, -0.15) is 0 Å². The van der Waals surface area contributed by atoms with E-state index in [4.69, 9.17) is 0 Å². The highest BCUT2D eigenvalue weighted by molar-refractivity contribution is 7.17. The standard InChI is InChI=1S/C20H14N2O2S/c23-22(24)18-3-1-2-16(13-18)19-12-15(10-14-4-7-21-8-5-14)11-17-6-9-25-20(17)19/h1-9,11-13H,10H2. The first kappa shape index (κ1) is 15.5. The number of benzene rings is 2. The molecule has 0 fully saturated rings. The monoisotopic (exact) mass is 346 g/mol. The lowest BCUT2D eigenvalue weighted by Gasteiger charge is -2.08. The Bertz CT molecular complexity index is 1060. The summed E-state index contributed by atoms with van der Waals surface area (Å²) in [6.07, 6.45) is 4.38. The third-order valence-corrected chi connectivity index (χ3v) is 5.10. The van der Waals surface area contributed by atoms with Crippen molar-refractivity contribution in [1.82, 2.24) is 4.98 Å². The lowest BCUT2D eigenvalue weighted by atomic mass is 9.97. The lowest BCUT2D eigenvalue weighted by Crippen LogP contribution is -1.91. The van der Waals surface area contributed by atoms with E-state index in [1.165, 1.54) is 17.2 Å². The molecule has 25 heavy (non-hydrogen) atoms. The number of rotatable bonds is 4. The molecule has 0 saturated carbocycles. The molecular formula is C20H14N2O2S. The Balaban J connectivity index is 1.84. The summed E-state index contributed by atoms with van der Waals surface area (Å²) in [7, 11) is 0. The second kappa shape index (κ2) is 6.45. The minimum atomic E-state index is -0.351. The first-order chi connectivity index (χ1) is 12.2. The number of nitro groups is 1. The Kier molecular flexibility index (Phi) is 3.99. The molecule has 0 aliphatic carbocycles. The van der Waals surface area contributed by atoms with Crippen LogP contribution in [0, 0.1) is 10.1 Å². The van der Waals surface area contributed by atoms with Crippen LogP contribution in [0.25, 0.3) is 21.2 Å². The van der Waals surface area contributed by atoms with Gasteiger partial charge in [-0.05, 0) is 64.2 Å². The van der Waals surface area contributed by atoms with Crippen molar-refractivity contribution < 1.29 is 4.92 Å². The molecule has 4 nitrogen and oxygen atoms in total. The highest BCUT2D eigenvalue weighted by Crippen LogP contribution is 2.35. The molecule has 0 saturated heterocycles. The molecule has 0 aliphatic heterocycles. The zero-order valence-electron chi connectivity index (χ0n) is 13.3. The largest absolute Gasteiger partial charge is 0.270 e. The van der Waals surface area contributed by atoms with Crippen molar-refractivity contribution in [3.8, 4) is 11.1 Å². The van der Waals surface area contributed by atoms with Gasteiger partial charge in [-0.15, -0.1) is 11.3 Å². The molecule has 0 aliphatic rings. The Morgan fingerprint density at radius 3 is 2.64 bits per heavy atom. The van der Waals surface area contributed by atoms with Gasteiger partial charge in [0, 0.05) is 34.8 Å². The number of non-ortho nitro benzene ring substituents is 1. The number of nitro benzene ring substituents is 1. The predicted molar refractivity (Wildman–Crippen MR) is 101 cm³/mol. The molecule has 0 spiro atoms.